The number of piperidine rings is 1. The summed E-state index contributed by atoms with van der Waals surface area (Å²) in [5.41, 5.74) is 0.932. The zero-order valence-corrected chi connectivity index (χ0v) is 18.8. The van der Waals surface area contributed by atoms with Crippen LogP contribution >= 0.6 is 11.3 Å². The molecule has 0 unspecified atom stereocenters. The summed E-state index contributed by atoms with van der Waals surface area (Å²) in [6.45, 7) is 4.64. The van der Waals surface area contributed by atoms with Gasteiger partial charge < -0.3 is 14.1 Å². The highest BCUT2D eigenvalue weighted by Gasteiger charge is 2.37. The molecule has 3 heterocycles. The van der Waals surface area contributed by atoms with Crippen molar-refractivity contribution in [2.75, 3.05) is 25.0 Å². The molecule has 1 aliphatic carbocycles. The predicted molar refractivity (Wildman–Crippen MR) is 116 cm³/mol. The van der Waals surface area contributed by atoms with Crippen molar-refractivity contribution in [3.8, 4) is 0 Å². The number of carbonyl (C=O) groups is 4. The number of hydrogen-bond acceptors (Lipinski definition) is 8. The maximum Gasteiger partial charge on any atom is 0.310 e. The second-order valence-corrected chi connectivity index (χ2v) is 9.04. The summed E-state index contributed by atoms with van der Waals surface area (Å²) >= 11 is 1.12. The van der Waals surface area contributed by atoms with Gasteiger partial charge in [0.1, 0.15) is 5.76 Å². The van der Waals surface area contributed by atoms with Crippen LogP contribution in [0.3, 0.4) is 0 Å². The van der Waals surface area contributed by atoms with Gasteiger partial charge >= 0.3 is 5.97 Å². The molecule has 2 amide bonds. The second kappa shape index (κ2) is 9.23. The molecule has 0 bridgehead atoms. The first-order valence-corrected chi connectivity index (χ1v) is 11.5. The molecule has 2 aromatic rings. The summed E-state index contributed by atoms with van der Waals surface area (Å²) < 4.78 is 10.3. The number of likely N-dealkylation sites (tertiary alicyclic amines) is 1. The van der Waals surface area contributed by atoms with E-state index in [1.165, 1.54) is 6.26 Å². The van der Waals surface area contributed by atoms with Crippen LogP contribution in [0.4, 0.5) is 5.13 Å². The quantitative estimate of drug-likeness (QED) is 0.683. The van der Waals surface area contributed by atoms with E-state index in [-0.39, 0.29) is 35.9 Å². The number of amides is 2. The standard InChI is InChI=1S/C22H25N3O6S/c1-3-30-21(29)13-5-4-7-25(11-13)20(28)14-9-16-18(17(26)10-14)32-22(23-16)24-19(27)15-6-8-31-12(15)2/h6,8,13-14H,3-5,7,9-11H2,1-2H3,(H,23,24,27)/t13-,14-/m1/s1. The van der Waals surface area contributed by atoms with Gasteiger partial charge in [-0.3, -0.25) is 24.5 Å². The fraction of sp³-hybridized carbons (Fsp3) is 0.500. The maximum absolute atomic E-state index is 13.1. The van der Waals surface area contributed by atoms with Gasteiger partial charge in [0, 0.05) is 25.9 Å². The number of thiazole rings is 1. The predicted octanol–water partition coefficient (Wildman–Crippen LogP) is 2.84. The van der Waals surface area contributed by atoms with Gasteiger partial charge in [0.2, 0.25) is 5.91 Å². The second-order valence-electron chi connectivity index (χ2n) is 8.04. The number of nitrogens with zero attached hydrogens (tertiary/aromatic N) is 2. The number of aryl methyl sites for hydroxylation is 1. The Hall–Kier alpha value is -3.01. The van der Waals surface area contributed by atoms with Crippen molar-refractivity contribution in [1.82, 2.24) is 9.88 Å². The number of ketones is 1. The highest BCUT2D eigenvalue weighted by atomic mass is 32.1. The summed E-state index contributed by atoms with van der Waals surface area (Å²) in [6, 6.07) is 1.57. The van der Waals surface area contributed by atoms with E-state index in [0.29, 0.717) is 59.6 Å². The lowest BCUT2D eigenvalue weighted by molar-refractivity contribution is -0.152. The van der Waals surface area contributed by atoms with Crippen molar-refractivity contribution in [2.24, 2.45) is 11.8 Å². The van der Waals surface area contributed by atoms with Gasteiger partial charge in [0.25, 0.3) is 5.91 Å². The van der Waals surface area contributed by atoms with Crippen molar-refractivity contribution in [3.63, 3.8) is 0 Å². The topological polar surface area (TPSA) is 119 Å². The van der Waals surface area contributed by atoms with Crippen molar-refractivity contribution < 1.29 is 28.3 Å². The van der Waals surface area contributed by atoms with Gasteiger partial charge in [-0.1, -0.05) is 11.3 Å². The van der Waals surface area contributed by atoms with E-state index in [1.807, 2.05) is 0 Å². The van der Waals surface area contributed by atoms with E-state index in [1.54, 1.807) is 24.8 Å². The molecule has 1 aliphatic heterocycles. The first-order chi connectivity index (χ1) is 15.4. The third-order valence-electron chi connectivity index (χ3n) is 5.85. The molecule has 32 heavy (non-hydrogen) atoms. The first kappa shape index (κ1) is 22.2. The SMILES string of the molecule is CCOC(=O)[C@@H]1CCCN(C(=O)[C@H]2CC(=O)c3sc(NC(=O)c4ccoc4C)nc3C2)C1. The minimum absolute atomic E-state index is 0.100. The van der Waals surface area contributed by atoms with Crippen LogP contribution in [0.5, 0.6) is 0 Å². The molecular formula is C22H25N3O6S. The molecule has 10 heteroatoms. The van der Waals surface area contributed by atoms with Crippen LogP contribution in [0.2, 0.25) is 0 Å². The van der Waals surface area contributed by atoms with Crippen LogP contribution in [0.15, 0.2) is 16.7 Å². The number of nitrogens with one attached hydrogen (secondary N) is 1. The number of carbonyl (C=O) groups excluding carboxylic acids is 4. The molecule has 2 aromatic heterocycles. The molecule has 2 atom stereocenters. The average Bonchev–Trinajstić information content (AvgIpc) is 3.39. The molecular weight excluding hydrogens is 434 g/mol. The van der Waals surface area contributed by atoms with Gasteiger partial charge in [-0.25, -0.2) is 4.98 Å². The Kier molecular flexibility index (Phi) is 6.40. The van der Waals surface area contributed by atoms with E-state index in [0.717, 1.165) is 17.8 Å². The smallest absolute Gasteiger partial charge is 0.310 e. The number of esters is 1. The van der Waals surface area contributed by atoms with Crippen molar-refractivity contribution in [2.45, 2.75) is 39.5 Å². The largest absolute Gasteiger partial charge is 0.469 e. The summed E-state index contributed by atoms with van der Waals surface area (Å²) in [7, 11) is 0. The highest BCUT2D eigenvalue weighted by Crippen LogP contribution is 2.34. The molecule has 1 saturated heterocycles. The number of anilines is 1. The highest BCUT2D eigenvalue weighted by molar-refractivity contribution is 7.17. The Morgan fingerprint density at radius 2 is 2.12 bits per heavy atom. The fourth-order valence-electron chi connectivity index (χ4n) is 4.23. The van der Waals surface area contributed by atoms with E-state index in [2.05, 4.69) is 10.3 Å². The molecule has 0 radical (unpaired) electrons. The van der Waals surface area contributed by atoms with E-state index in [4.69, 9.17) is 9.15 Å². The van der Waals surface area contributed by atoms with Crippen LogP contribution in [0, 0.1) is 18.8 Å². The number of furan rings is 1. The number of ether oxygens (including phenoxy) is 1. The van der Waals surface area contributed by atoms with Gasteiger partial charge in [-0.05, 0) is 32.8 Å². The molecule has 1 N–H and O–H groups in total. The Morgan fingerprint density at radius 3 is 2.84 bits per heavy atom. The van der Waals surface area contributed by atoms with Gasteiger partial charge in [-0.2, -0.15) is 0 Å². The van der Waals surface area contributed by atoms with E-state index in [9.17, 15) is 19.2 Å². The Balaban J connectivity index is 1.43. The molecule has 0 aromatic carbocycles. The number of rotatable bonds is 5. The molecule has 4 rings (SSSR count). The molecule has 0 spiro atoms. The summed E-state index contributed by atoms with van der Waals surface area (Å²) in [5, 5.41) is 3.03. The maximum atomic E-state index is 13.1. The van der Waals surface area contributed by atoms with Crippen LogP contribution < -0.4 is 5.32 Å². The summed E-state index contributed by atoms with van der Waals surface area (Å²) in [6.07, 6.45) is 3.29. The lowest BCUT2D eigenvalue weighted by Gasteiger charge is -2.34. The number of Topliss-reactive ketones (excluding diaryl/α,β-unsaturated/α-hetero) is 1. The molecule has 9 nitrogen and oxygen atoms in total. The fourth-order valence-corrected chi connectivity index (χ4v) is 5.17. The molecule has 0 saturated carbocycles. The third kappa shape index (κ3) is 4.45. The minimum Gasteiger partial charge on any atom is -0.469 e. The zero-order valence-electron chi connectivity index (χ0n) is 18.0. The van der Waals surface area contributed by atoms with E-state index < -0.39 is 5.92 Å². The number of hydrogen-bond donors (Lipinski definition) is 1. The van der Waals surface area contributed by atoms with Crippen molar-refractivity contribution in [1.29, 1.82) is 0 Å². The average molecular weight is 460 g/mol. The third-order valence-corrected chi connectivity index (χ3v) is 6.90. The van der Waals surface area contributed by atoms with Crippen LogP contribution in [0.1, 0.15) is 57.7 Å². The summed E-state index contributed by atoms with van der Waals surface area (Å²) in [4.78, 5) is 56.9. The molecule has 170 valence electrons. The van der Waals surface area contributed by atoms with E-state index >= 15 is 0 Å². The molecule has 2 aliphatic rings. The Bertz CT molecular complexity index is 1060. The minimum atomic E-state index is -0.516. The van der Waals surface area contributed by atoms with Gasteiger partial charge in [0.15, 0.2) is 10.9 Å². The zero-order chi connectivity index (χ0) is 22.8. The van der Waals surface area contributed by atoms with Crippen molar-refractivity contribution in [3.05, 3.63) is 34.2 Å². The summed E-state index contributed by atoms with van der Waals surface area (Å²) in [5.74, 6) is -1.27. The van der Waals surface area contributed by atoms with Crippen LogP contribution in [-0.4, -0.2) is 53.1 Å². The van der Waals surface area contributed by atoms with Gasteiger partial charge in [0.05, 0.1) is 40.8 Å². The van der Waals surface area contributed by atoms with Gasteiger partial charge in [-0.15, -0.1) is 0 Å². The Labute approximate surface area is 189 Å². The monoisotopic (exact) mass is 459 g/mol. The van der Waals surface area contributed by atoms with Crippen molar-refractivity contribution >= 4 is 40.0 Å². The number of aromatic nitrogens is 1. The Morgan fingerprint density at radius 1 is 1.31 bits per heavy atom. The lowest BCUT2D eigenvalue weighted by Crippen LogP contribution is -2.46. The van der Waals surface area contributed by atoms with Crippen LogP contribution in [-0.2, 0) is 20.7 Å². The first-order valence-electron chi connectivity index (χ1n) is 10.7. The normalized spacial score (nSPS) is 20.6. The lowest BCUT2D eigenvalue weighted by atomic mass is 9.87. The van der Waals surface area contributed by atoms with Crippen LogP contribution in [0.25, 0.3) is 0 Å². The number of fused-ring (bicyclic) bond motifs is 1. The molecule has 1 fully saturated rings.